The van der Waals surface area contributed by atoms with E-state index in [1.54, 1.807) is 0 Å². The fourth-order valence-corrected chi connectivity index (χ4v) is 2.97. The van der Waals surface area contributed by atoms with Crippen molar-refractivity contribution in [3.63, 3.8) is 0 Å². The van der Waals surface area contributed by atoms with E-state index in [2.05, 4.69) is 33.0 Å². The van der Waals surface area contributed by atoms with E-state index in [1.807, 2.05) is 4.90 Å². The summed E-state index contributed by atoms with van der Waals surface area (Å²) < 4.78 is 0. The third kappa shape index (κ3) is 6.06. The van der Waals surface area contributed by atoms with Gasteiger partial charge in [0.05, 0.1) is 0 Å². The first-order valence-electron chi connectivity index (χ1n) is 8.57. The van der Waals surface area contributed by atoms with Crippen LogP contribution in [0.3, 0.4) is 0 Å². The number of rotatable bonds is 6. The highest BCUT2D eigenvalue weighted by molar-refractivity contribution is 5.95. The van der Waals surface area contributed by atoms with E-state index in [0.717, 1.165) is 45.1 Å². The Bertz CT molecular complexity index is 342. The van der Waals surface area contributed by atoms with Gasteiger partial charge < -0.3 is 4.90 Å². The third-order valence-corrected chi connectivity index (χ3v) is 4.39. The molecule has 0 radical (unpaired) electrons. The number of hydrogen-bond acceptors (Lipinski definition) is 2. The Morgan fingerprint density at radius 1 is 1.19 bits per heavy atom. The molecule has 1 N–H and O–H groups in total. The monoisotopic (exact) mass is 296 g/mol. The van der Waals surface area contributed by atoms with Crippen LogP contribution >= 0.6 is 0 Å². The van der Waals surface area contributed by atoms with E-state index in [-0.39, 0.29) is 23.9 Å². The molecule has 1 aliphatic heterocycles. The molecule has 3 amide bonds. The van der Waals surface area contributed by atoms with Gasteiger partial charge in [-0.15, -0.1) is 0 Å². The van der Waals surface area contributed by atoms with Crippen LogP contribution in [0.4, 0.5) is 4.79 Å². The molecule has 1 aliphatic rings. The lowest BCUT2D eigenvalue weighted by atomic mass is 9.93. The van der Waals surface area contributed by atoms with Gasteiger partial charge in [-0.1, -0.05) is 33.6 Å². The van der Waals surface area contributed by atoms with Gasteiger partial charge in [0.15, 0.2) is 0 Å². The molecule has 0 saturated carbocycles. The first-order chi connectivity index (χ1) is 9.95. The number of carbonyl (C=O) groups excluding carboxylic acids is 2. The fraction of sp³-hybridized carbons (Fsp3) is 0.882. The molecular weight excluding hydrogens is 264 g/mol. The van der Waals surface area contributed by atoms with Crippen LogP contribution in [0.5, 0.6) is 0 Å². The van der Waals surface area contributed by atoms with Crippen LogP contribution in [0.1, 0.15) is 72.6 Å². The Hall–Kier alpha value is -1.06. The molecule has 0 aromatic rings. The Kier molecular flexibility index (Phi) is 7.76. The number of likely N-dealkylation sites (tertiary alicyclic amines) is 1. The largest absolute Gasteiger partial charge is 0.324 e. The van der Waals surface area contributed by atoms with Gasteiger partial charge in [0.1, 0.15) is 0 Å². The minimum Gasteiger partial charge on any atom is -0.322 e. The summed E-state index contributed by atoms with van der Waals surface area (Å²) in [7, 11) is 0. The van der Waals surface area contributed by atoms with Gasteiger partial charge in [-0.05, 0) is 44.9 Å². The topological polar surface area (TPSA) is 49.4 Å². The molecule has 0 bridgehead atoms. The van der Waals surface area contributed by atoms with Gasteiger partial charge in [-0.2, -0.15) is 0 Å². The lowest BCUT2D eigenvalue weighted by molar-refractivity contribution is -0.124. The number of piperidine rings is 1. The molecule has 21 heavy (non-hydrogen) atoms. The molecular formula is C17H32N2O2. The maximum absolute atomic E-state index is 12.3. The number of nitrogens with one attached hydrogen (secondary N) is 1. The van der Waals surface area contributed by atoms with Crippen molar-refractivity contribution < 1.29 is 9.59 Å². The van der Waals surface area contributed by atoms with Gasteiger partial charge in [0, 0.05) is 18.5 Å². The van der Waals surface area contributed by atoms with Gasteiger partial charge in [-0.25, -0.2) is 4.79 Å². The van der Waals surface area contributed by atoms with Crippen molar-refractivity contribution in [2.24, 2.45) is 11.8 Å². The van der Waals surface area contributed by atoms with Crippen molar-refractivity contribution in [2.75, 3.05) is 6.54 Å². The Morgan fingerprint density at radius 2 is 1.90 bits per heavy atom. The number of imide groups is 1. The molecule has 0 aromatic heterocycles. The van der Waals surface area contributed by atoms with Crippen LogP contribution in [0.2, 0.25) is 0 Å². The summed E-state index contributed by atoms with van der Waals surface area (Å²) in [4.78, 5) is 26.4. The van der Waals surface area contributed by atoms with Crippen molar-refractivity contribution in [3.05, 3.63) is 0 Å². The van der Waals surface area contributed by atoms with E-state index in [4.69, 9.17) is 0 Å². The van der Waals surface area contributed by atoms with Crippen molar-refractivity contribution in [2.45, 2.75) is 78.7 Å². The predicted molar refractivity (Wildman–Crippen MR) is 86.0 cm³/mol. The standard InChI is InChI=1S/C17H32N2O2/c1-5-8-15(11-10-13(2)3)16(20)18-17(21)19-12-7-6-9-14(19)4/h13-15H,5-12H2,1-4H3,(H,18,20,21)/t14?,15-/m0/s1. The smallest absolute Gasteiger partial charge is 0.322 e. The Morgan fingerprint density at radius 3 is 2.48 bits per heavy atom. The average molecular weight is 296 g/mol. The molecule has 0 aliphatic carbocycles. The highest BCUT2D eigenvalue weighted by Crippen LogP contribution is 2.19. The summed E-state index contributed by atoms with van der Waals surface area (Å²) in [6.07, 6.45) is 7.00. The second kappa shape index (κ2) is 9.06. The molecule has 4 nitrogen and oxygen atoms in total. The van der Waals surface area contributed by atoms with E-state index >= 15 is 0 Å². The second-order valence-electron chi connectivity index (χ2n) is 6.79. The lowest BCUT2D eigenvalue weighted by Gasteiger charge is -2.33. The third-order valence-electron chi connectivity index (χ3n) is 4.39. The van der Waals surface area contributed by atoms with Gasteiger partial charge in [-0.3, -0.25) is 10.1 Å². The molecule has 122 valence electrons. The fourth-order valence-electron chi connectivity index (χ4n) is 2.97. The molecule has 0 spiro atoms. The quantitative estimate of drug-likeness (QED) is 0.807. The molecule has 1 saturated heterocycles. The van der Waals surface area contributed by atoms with Crippen LogP contribution in [-0.2, 0) is 4.79 Å². The van der Waals surface area contributed by atoms with Gasteiger partial charge in [0.25, 0.3) is 0 Å². The number of carbonyl (C=O) groups is 2. The van der Waals surface area contributed by atoms with E-state index in [1.165, 1.54) is 6.42 Å². The van der Waals surface area contributed by atoms with Crippen molar-refractivity contribution >= 4 is 11.9 Å². The Labute approximate surface area is 129 Å². The minimum atomic E-state index is -0.196. The maximum Gasteiger partial charge on any atom is 0.324 e. The molecule has 1 rings (SSSR count). The predicted octanol–water partition coefficient (Wildman–Crippen LogP) is 3.95. The molecule has 4 heteroatoms. The summed E-state index contributed by atoms with van der Waals surface area (Å²) in [5.74, 6) is 0.483. The molecule has 0 aromatic carbocycles. The zero-order chi connectivity index (χ0) is 15.8. The molecule has 2 atom stereocenters. The highest BCUT2D eigenvalue weighted by atomic mass is 16.2. The van der Waals surface area contributed by atoms with Crippen molar-refractivity contribution in [1.82, 2.24) is 10.2 Å². The lowest BCUT2D eigenvalue weighted by Crippen LogP contribution is -2.50. The average Bonchev–Trinajstić information content (AvgIpc) is 2.43. The van der Waals surface area contributed by atoms with Gasteiger partial charge >= 0.3 is 6.03 Å². The Balaban J connectivity index is 2.52. The zero-order valence-electron chi connectivity index (χ0n) is 14.2. The maximum atomic E-state index is 12.3. The zero-order valence-corrected chi connectivity index (χ0v) is 14.2. The number of hydrogen-bond donors (Lipinski definition) is 1. The number of amides is 3. The number of urea groups is 1. The van der Waals surface area contributed by atoms with E-state index in [0.29, 0.717) is 5.92 Å². The van der Waals surface area contributed by atoms with Crippen LogP contribution in [0, 0.1) is 11.8 Å². The van der Waals surface area contributed by atoms with Crippen molar-refractivity contribution in [1.29, 1.82) is 0 Å². The first-order valence-corrected chi connectivity index (χ1v) is 8.57. The second-order valence-corrected chi connectivity index (χ2v) is 6.79. The summed E-state index contributed by atoms with van der Waals surface area (Å²) in [6, 6.07) is 0.0460. The normalized spacial score (nSPS) is 20.4. The summed E-state index contributed by atoms with van der Waals surface area (Å²) in [5, 5.41) is 2.64. The molecule has 1 fully saturated rings. The van der Waals surface area contributed by atoms with Crippen LogP contribution in [0.15, 0.2) is 0 Å². The molecule has 1 unspecified atom stereocenters. The SMILES string of the molecule is CCC[C@@H](CCC(C)C)C(=O)NC(=O)N1CCCCC1C. The summed E-state index contributed by atoms with van der Waals surface area (Å²) in [5.41, 5.74) is 0. The van der Waals surface area contributed by atoms with Crippen LogP contribution in [0.25, 0.3) is 0 Å². The van der Waals surface area contributed by atoms with Gasteiger partial charge in [0.2, 0.25) is 5.91 Å². The number of nitrogens with zero attached hydrogens (tertiary/aromatic N) is 1. The van der Waals surface area contributed by atoms with Crippen molar-refractivity contribution in [3.8, 4) is 0 Å². The first kappa shape index (κ1) is 18.0. The highest BCUT2D eigenvalue weighted by Gasteiger charge is 2.26. The summed E-state index contributed by atoms with van der Waals surface area (Å²) in [6.45, 7) is 9.25. The minimum absolute atomic E-state index is 0.0264. The summed E-state index contributed by atoms with van der Waals surface area (Å²) >= 11 is 0. The van der Waals surface area contributed by atoms with E-state index < -0.39 is 0 Å². The van der Waals surface area contributed by atoms with Crippen LogP contribution in [-0.4, -0.2) is 29.4 Å². The van der Waals surface area contributed by atoms with E-state index in [9.17, 15) is 9.59 Å². The van der Waals surface area contributed by atoms with Crippen LogP contribution < -0.4 is 5.32 Å². The molecule has 1 heterocycles.